The number of halogens is 1. The molecule has 0 fully saturated rings. The molecule has 60 valence electrons. The molecule has 2 heteroatoms. The van der Waals surface area contributed by atoms with Crippen molar-refractivity contribution in [3.8, 4) is 0 Å². The van der Waals surface area contributed by atoms with Gasteiger partial charge in [-0.05, 0) is 23.6 Å². The molecule has 0 N–H and O–H groups in total. The first-order valence-corrected chi connectivity index (χ1v) is 5.09. The van der Waals surface area contributed by atoms with Crippen LogP contribution in [0.4, 0.5) is 0 Å². The van der Waals surface area contributed by atoms with E-state index in [1.807, 2.05) is 0 Å². The molecule has 0 spiro atoms. The van der Waals surface area contributed by atoms with Gasteiger partial charge in [-0.1, -0.05) is 35.0 Å². The lowest BCUT2D eigenvalue weighted by molar-refractivity contribution is 1.10. The summed E-state index contributed by atoms with van der Waals surface area (Å²) in [6, 6.07) is 6.27. The average Bonchev–Trinajstić information content (AvgIpc) is 2.04. The third kappa shape index (κ3) is 2.00. The van der Waals surface area contributed by atoms with Crippen molar-refractivity contribution in [2.24, 2.45) is 0 Å². The lowest BCUT2D eigenvalue weighted by Gasteiger charge is -2.06. The van der Waals surface area contributed by atoms with E-state index in [0.717, 1.165) is 12.2 Å². The van der Waals surface area contributed by atoms with Gasteiger partial charge in [0.25, 0.3) is 0 Å². The van der Waals surface area contributed by atoms with Crippen molar-refractivity contribution in [1.29, 1.82) is 0 Å². The van der Waals surface area contributed by atoms with E-state index >= 15 is 0 Å². The molecular weight excluding hydrogens is 220 g/mol. The highest BCUT2D eigenvalue weighted by molar-refractivity contribution is 9.10. The predicted octanol–water partition coefficient (Wildman–Crippen LogP) is 3.44. The normalized spacial score (nSPS) is 10.1. The third-order valence-corrected chi connectivity index (χ3v) is 2.81. The van der Waals surface area contributed by atoms with Gasteiger partial charge < -0.3 is 0 Å². The second-order valence-electron chi connectivity index (χ2n) is 2.39. The molecule has 0 unspecified atom stereocenters. The van der Waals surface area contributed by atoms with Crippen LogP contribution < -0.4 is 0 Å². The topological polar surface area (TPSA) is 0 Å². The fourth-order valence-electron chi connectivity index (χ4n) is 1.11. The second-order valence-corrected chi connectivity index (χ2v) is 3.56. The van der Waals surface area contributed by atoms with Gasteiger partial charge in [0, 0.05) is 10.2 Å². The standard InChI is InChI=1S/C9H11BrS/c1-2-7-4-3-5-9(10)8(7)6-11/h3-5,11H,2,6H2,1H3. The molecule has 0 aliphatic heterocycles. The Labute approximate surface area is 81.5 Å². The highest BCUT2D eigenvalue weighted by Gasteiger charge is 2.01. The van der Waals surface area contributed by atoms with E-state index in [0.29, 0.717) is 0 Å². The lowest BCUT2D eigenvalue weighted by Crippen LogP contribution is -1.89. The first-order chi connectivity index (χ1) is 5.29. The fraction of sp³-hybridized carbons (Fsp3) is 0.333. The number of aryl methyl sites for hydroxylation is 1. The van der Waals surface area contributed by atoms with E-state index in [-0.39, 0.29) is 0 Å². The maximum atomic E-state index is 4.27. The van der Waals surface area contributed by atoms with Crippen LogP contribution in [-0.2, 0) is 12.2 Å². The zero-order chi connectivity index (χ0) is 8.27. The highest BCUT2D eigenvalue weighted by Crippen LogP contribution is 2.22. The van der Waals surface area contributed by atoms with Gasteiger partial charge in [0.2, 0.25) is 0 Å². The molecule has 0 amide bonds. The van der Waals surface area contributed by atoms with Crippen molar-refractivity contribution in [2.45, 2.75) is 19.1 Å². The minimum absolute atomic E-state index is 0.810. The maximum Gasteiger partial charge on any atom is 0.0218 e. The van der Waals surface area contributed by atoms with Gasteiger partial charge in [-0.3, -0.25) is 0 Å². The van der Waals surface area contributed by atoms with Gasteiger partial charge >= 0.3 is 0 Å². The number of thiol groups is 1. The molecule has 1 rings (SSSR count). The van der Waals surface area contributed by atoms with E-state index in [2.05, 4.69) is 53.7 Å². The third-order valence-electron chi connectivity index (χ3n) is 1.75. The van der Waals surface area contributed by atoms with Crippen LogP contribution in [0.25, 0.3) is 0 Å². The summed E-state index contributed by atoms with van der Waals surface area (Å²) >= 11 is 7.77. The summed E-state index contributed by atoms with van der Waals surface area (Å²) in [5.74, 6) is 0.810. The van der Waals surface area contributed by atoms with Crippen molar-refractivity contribution < 1.29 is 0 Å². The van der Waals surface area contributed by atoms with E-state index in [1.54, 1.807) is 0 Å². The van der Waals surface area contributed by atoms with E-state index in [9.17, 15) is 0 Å². The fourth-order valence-corrected chi connectivity index (χ4v) is 2.25. The molecule has 1 aromatic carbocycles. The van der Waals surface area contributed by atoms with Gasteiger partial charge in [-0.25, -0.2) is 0 Å². The molecule has 0 bridgehead atoms. The first kappa shape index (κ1) is 9.14. The highest BCUT2D eigenvalue weighted by atomic mass is 79.9. The molecule has 0 aliphatic carbocycles. The lowest BCUT2D eigenvalue weighted by atomic mass is 10.1. The van der Waals surface area contributed by atoms with E-state index < -0.39 is 0 Å². The van der Waals surface area contributed by atoms with Crippen LogP contribution in [0.3, 0.4) is 0 Å². The van der Waals surface area contributed by atoms with Crippen molar-refractivity contribution in [3.63, 3.8) is 0 Å². The molecular formula is C9H11BrS. The first-order valence-electron chi connectivity index (χ1n) is 3.66. The molecule has 1 aromatic rings. The monoisotopic (exact) mass is 230 g/mol. The Bertz CT molecular complexity index is 245. The van der Waals surface area contributed by atoms with Crippen LogP contribution in [0.5, 0.6) is 0 Å². The summed E-state index contributed by atoms with van der Waals surface area (Å²) in [4.78, 5) is 0. The average molecular weight is 231 g/mol. The smallest absolute Gasteiger partial charge is 0.0218 e. The Morgan fingerprint density at radius 3 is 2.64 bits per heavy atom. The van der Waals surface area contributed by atoms with Crippen molar-refractivity contribution in [2.75, 3.05) is 0 Å². The molecule has 11 heavy (non-hydrogen) atoms. The van der Waals surface area contributed by atoms with Gasteiger partial charge in [0.1, 0.15) is 0 Å². The summed E-state index contributed by atoms with van der Waals surface area (Å²) < 4.78 is 1.17. The second kappa shape index (κ2) is 4.17. The molecule has 0 saturated heterocycles. The Morgan fingerprint density at radius 1 is 1.45 bits per heavy atom. The summed E-state index contributed by atoms with van der Waals surface area (Å²) in [5.41, 5.74) is 2.70. The summed E-state index contributed by atoms with van der Waals surface area (Å²) in [5, 5.41) is 0. The number of hydrogen-bond donors (Lipinski definition) is 1. The van der Waals surface area contributed by atoms with Crippen LogP contribution in [0.15, 0.2) is 22.7 Å². The Balaban J connectivity index is 3.13. The van der Waals surface area contributed by atoms with E-state index in [1.165, 1.54) is 15.6 Å². The van der Waals surface area contributed by atoms with Crippen LogP contribution in [0.2, 0.25) is 0 Å². The molecule has 0 heterocycles. The van der Waals surface area contributed by atoms with Gasteiger partial charge in [-0.2, -0.15) is 12.6 Å². The Kier molecular flexibility index (Phi) is 3.46. The van der Waals surface area contributed by atoms with Crippen molar-refractivity contribution >= 4 is 28.6 Å². The maximum absolute atomic E-state index is 4.27. The van der Waals surface area contributed by atoms with Crippen LogP contribution in [-0.4, -0.2) is 0 Å². The van der Waals surface area contributed by atoms with Gasteiger partial charge in [-0.15, -0.1) is 0 Å². The summed E-state index contributed by atoms with van der Waals surface area (Å²) in [7, 11) is 0. The summed E-state index contributed by atoms with van der Waals surface area (Å²) in [6.07, 6.45) is 1.08. The molecule has 0 aliphatic rings. The molecule has 0 saturated carbocycles. The molecule has 0 aromatic heterocycles. The minimum Gasteiger partial charge on any atom is -0.174 e. The number of rotatable bonds is 2. The Hall–Kier alpha value is 0.0500. The number of hydrogen-bond acceptors (Lipinski definition) is 1. The largest absolute Gasteiger partial charge is 0.174 e. The molecule has 0 radical (unpaired) electrons. The Morgan fingerprint density at radius 2 is 2.18 bits per heavy atom. The van der Waals surface area contributed by atoms with Crippen LogP contribution in [0, 0.1) is 0 Å². The zero-order valence-corrected chi connectivity index (χ0v) is 8.95. The molecule has 0 nitrogen and oxygen atoms in total. The van der Waals surface area contributed by atoms with Gasteiger partial charge in [0.05, 0.1) is 0 Å². The number of benzene rings is 1. The van der Waals surface area contributed by atoms with E-state index in [4.69, 9.17) is 0 Å². The minimum atomic E-state index is 0.810. The summed E-state index contributed by atoms with van der Waals surface area (Å²) in [6.45, 7) is 2.16. The van der Waals surface area contributed by atoms with Crippen molar-refractivity contribution in [1.82, 2.24) is 0 Å². The quantitative estimate of drug-likeness (QED) is 0.740. The van der Waals surface area contributed by atoms with Crippen LogP contribution in [0.1, 0.15) is 18.1 Å². The zero-order valence-electron chi connectivity index (χ0n) is 6.47. The SMILES string of the molecule is CCc1cccc(Br)c1CS. The predicted molar refractivity (Wildman–Crippen MR) is 56.2 cm³/mol. The van der Waals surface area contributed by atoms with Crippen LogP contribution >= 0.6 is 28.6 Å². The molecule has 0 atom stereocenters. The van der Waals surface area contributed by atoms with Crippen molar-refractivity contribution in [3.05, 3.63) is 33.8 Å². The van der Waals surface area contributed by atoms with Gasteiger partial charge in [0.15, 0.2) is 0 Å².